The van der Waals surface area contributed by atoms with Crippen molar-refractivity contribution in [2.45, 2.75) is 161 Å². The van der Waals surface area contributed by atoms with Crippen molar-refractivity contribution in [1.29, 1.82) is 0 Å². The lowest BCUT2D eigenvalue weighted by molar-refractivity contribution is 0.288. The molecule has 0 bridgehead atoms. The first-order valence-electron chi connectivity index (χ1n) is 14.4. The van der Waals surface area contributed by atoms with Crippen molar-refractivity contribution in [2.24, 2.45) is 0 Å². The van der Waals surface area contributed by atoms with Crippen LogP contribution in [0.4, 0.5) is 0 Å². The maximum Gasteiger partial charge on any atom is 0.0447 e. The largest absolute Gasteiger partial charge is 0.396 e. The molecule has 0 aliphatic carbocycles. The Hall–Kier alpha value is -0.500. The van der Waals surface area contributed by atoms with E-state index in [-0.39, 0.29) is 6.61 Å². The van der Waals surface area contributed by atoms with Gasteiger partial charge in [-0.05, 0) is 25.5 Å². The summed E-state index contributed by atoms with van der Waals surface area (Å²) in [5.74, 6) is 0. The van der Waals surface area contributed by atoms with Gasteiger partial charge in [0.25, 0.3) is 0 Å². The summed E-state index contributed by atoms with van der Waals surface area (Å²) in [7, 11) is 0. The first-order chi connectivity index (χ1) is 15.4. The molecule has 0 aliphatic heterocycles. The third kappa shape index (κ3) is 29.5. The van der Waals surface area contributed by atoms with Crippen LogP contribution in [0.3, 0.4) is 0 Å². The van der Waals surface area contributed by atoms with Crippen LogP contribution in [-0.2, 0) is 0 Å². The van der Waals surface area contributed by atoms with Crippen LogP contribution in [0.25, 0.3) is 0 Å². The average Bonchev–Trinajstić information content (AvgIpc) is 2.78. The number of nitrogens with one attached hydrogen (secondary N) is 1. The van der Waals surface area contributed by atoms with Gasteiger partial charge in [0, 0.05) is 13.2 Å². The van der Waals surface area contributed by atoms with Crippen molar-refractivity contribution in [1.82, 2.24) is 5.32 Å². The van der Waals surface area contributed by atoms with Crippen LogP contribution < -0.4 is 5.32 Å². The first kappa shape index (κ1) is 30.5. The van der Waals surface area contributed by atoms with Gasteiger partial charge in [-0.25, -0.2) is 0 Å². The highest BCUT2D eigenvalue weighted by Crippen LogP contribution is 2.15. The molecule has 31 heavy (non-hydrogen) atoms. The lowest BCUT2D eigenvalue weighted by Crippen LogP contribution is -2.07. The SMILES string of the molecule is CCCCCCCCCCCCCCCCCCCCCCCCC=CNCCCO. The molecule has 0 rings (SSSR count). The maximum atomic E-state index is 8.69. The number of unbranched alkanes of at least 4 members (excludes halogenated alkanes) is 22. The number of rotatable bonds is 27. The summed E-state index contributed by atoms with van der Waals surface area (Å²) in [6.45, 7) is 3.46. The standard InChI is InChI=1S/C29H59NO/c1-2-3-4-5-6-7-8-9-10-11-12-13-14-15-16-17-18-19-20-21-22-23-24-25-27-30-28-26-29-31/h25,27,30-31H,2-24,26,28-29H2,1H3. The van der Waals surface area contributed by atoms with E-state index in [1.165, 1.54) is 148 Å². The molecule has 0 aromatic carbocycles. The fraction of sp³-hybridized carbons (Fsp3) is 0.931. The summed E-state index contributed by atoms with van der Waals surface area (Å²) < 4.78 is 0. The number of hydrogen-bond acceptors (Lipinski definition) is 2. The normalized spacial score (nSPS) is 11.5. The molecule has 0 amide bonds. The van der Waals surface area contributed by atoms with Gasteiger partial charge >= 0.3 is 0 Å². The molecule has 0 unspecified atom stereocenters. The van der Waals surface area contributed by atoms with E-state index in [4.69, 9.17) is 5.11 Å². The molecule has 0 heterocycles. The highest BCUT2D eigenvalue weighted by atomic mass is 16.3. The predicted octanol–water partition coefficient (Wildman–Crippen LogP) is 9.46. The highest BCUT2D eigenvalue weighted by Gasteiger charge is 1.95. The molecule has 2 N–H and O–H groups in total. The summed E-state index contributed by atoms with van der Waals surface area (Å²) in [6.07, 6.45) is 38.1. The Morgan fingerprint density at radius 1 is 0.484 bits per heavy atom. The van der Waals surface area contributed by atoms with Crippen LogP contribution in [0.15, 0.2) is 12.3 Å². The average molecular weight is 438 g/mol. The zero-order valence-corrected chi connectivity index (χ0v) is 21.5. The second-order valence-electron chi connectivity index (χ2n) is 9.65. The highest BCUT2D eigenvalue weighted by molar-refractivity contribution is 4.78. The number of allylic oxidation sites excluding steroid dienone is 1. The Kier molecular flexibility index (Phi) is 29.0. The van der Waals surface area contributed by atoms with E-state index in [2.05, 4.69) is 18.3 Å². The van der Waals surface area contributed by atoms with Gasteiger partial charge in [-0.1, -0.05) is 148 Å². The third-order valence-electron chi connectivity index (χ3n) is 6.44. The smallest absolute Gasteiger partial charge is 0.0447 e. The lowest BCUT2D eigenvalue weighted by atomic mass is 10.0. The second-order valence-corrected chi connectivity index (χ2v) is 9.65. The van der Waals surface area contributed by atoms with Gasteiger partial charge in [-0.3, -0.25) is 0 Å². The van der Waals surface area contributed by atoms with Gasteiger partial charge < -0.3 is 10.4 Å². The fourth-order valence-corrected chi connectivity index (χ4v) is 4.30. The second kappa shape index (κ2) is 29.5. The van der Waals surface area contributed by atoms with Gasteiger partial charge in [0.05, 0.1) is 0 Å². The van der Waals surface area contributed by atoms with Crippen LogP contribution in [0.1, 0.15) is 161 Å². The van der Waals surface area contributed by atoms with Gasteiger partial charge in [-0.2, -0.15) is 0 Å². The van der Waals surface area contributed by atoms with Gasteiger partial charge in [0.1, 0.15) is 0 Å². The molecule has 0 aromatic rings. The predicted molar refractivity (Wildman–Crippen MR) is 141 cm³/mol. The minimum Gasteiger partial charge on any atom is -0.396 e. The van der Waals surface area contributed by atoms with E-state index in [0.717, 1.165) is 13.0 Å². The van der Waals surface area contributed by atoms with Crippen molar-refractivity contribution in [3.05, 3.63) is 12.3 Å². The van der Waals surface area contributed by atoms with E-state index in [1.54, 1.807) is 0 Å². The molecular weight excluding hydrogens is 378 g/mol. The zero-order chi connectivity index (χ0) is 22.5. The summed E-state index contributed by atoms with van der Waals surface area (Å²) in [5.41, 5.74) is 0. The molecule has 0 fully saturated rings. The maximum absolute atomic E-state index is 8.69. The van der Waals surface area contributed by atoms with Crippen molar-refractivity contribution < 1.29 is 5.11 Å². The molecule has 0 spiro atoms. The minimum atomic E-state index is 0.278. The van der Waals surface area contributed by atoms with E-state index in [1.807, 2.05) is 6.20 Å². The van der Waals surface area contributed by atoms with Crippen LogP contribution in [0, 0.1) is 0 Å². The lowest BCUT2D eigenvalue weighted by Gasteiger charge is -2.04. The zero-order valence-electron chi connectivity index (χ0n) is 21.5. The Bertz CT molecular complexity index is 329. The van der Waals surface area contributed by atoms with Crippen LogP contribution in [0.2, 0.25) is 0 Å². The molecule has 186 valence electrons. The van der Waals surface area contributed by atoms with Crippen molar-refractivity contribution in [3.8, 4) is 0 Å². The van der Waals surface area contributed by atoms with Crippen molar-refractivity contribution in [2.75, 3.05) is 13.2 Å². The quantitative estimate of drug-likeness (QED) is 0.125. The van der Waals surface area contributed by atoms with E-state index in [9.17, 15) is 0 Å². The van der Waals surface area contributed by atoms with E-state index >= 15 is 0 Å². The summed E-state index contributed by atoms with van der Waals surface area (Å²) in [6, 6.07) is 0. The Balaban J connectivity index is 3.02. The Morgan fingerprint density at radius 3 is 1.19 bits per heavy atom. The Morgan fingerprint density at radius 2 is 0.839 bits per heavy atom. The van der Waals surface area contributed by atoms with E-state index < -0.39 is 0 Å². The number of aliphatic hydroxyl groups is 1. The number of aliphatic hydroxyl groups excluding tert-OH is 1. The van der Waals surface area contributed by atoms with Gasteiger partial charge in [0.2, 0.25) is 0 Å². The third-order valence-corrected chi connectivity index (χ3v) is 6.44. The molecule has 0 radical (unpaired) electrons. The summed E-state index contributed by atoms with van der Waals surface area (Å²) >= 11 is 0. The monoisotopic (exact) mass is 437 g/mol. The Labute approximate surface area is 197 Å². The van der Waals surface area contributed by atoms with E-state index in [0.29, 0.717) is 0 Å². The van der Waals surface area contributed by atoms with Gasteiger partial charge in [-0.15, -0.1) is 0 Å². The van der Waals surface area contributed by atoms with Crippen molar-refractivity contribution >= 4 is 0 Å². The van der Waals surface area contributed by atoms with Crippen LogP contribution in [-0.4, -0.2) is 18.3 Å². The molecule has 0 aliphatic rings. The molecule has 2 nitrogen and oxygen atoms in total. The summed E-state index contributed by atoms with van der Waals surface area (Å²) in [4.78, 5) is 0. The molecule has 0 atom stereocenters. The van der Waals surface area contributed by atoms with Crippen molar-refractivity contribution in [3.63, 3.8) is 0 Å². The van der Waals surface area contributed by atoms with Crippen LogP contribution in [0.5, 0.6) is 0 Å². The molecule has 0 aromatic heterocycles. The van der Waals surface area contributed by atoms with Gasteiger partial charge in [0.15, 0.2) is 0 Å². The molecule has 0 saturated carbocycles. The minimum absolute atomic E-state index is 0.278. The van der Waals surface area contributed by atoms with Crippen LogP contribution >= 0.6 is 0 Å². The molecule has 0 saturated heterocycles. The fourth-order valence-electron chi connectivity index (χ4n) is 4.30. The topological polar surface area (TPSA) is 32.3 Å². The molecular formula is C29H59NO. The molecule has 2 heteroatoms. The first-order valence-corrected chi connectivity index (χ1v) is 14.4. The summed E-state index contributed by atoms with van der Waals surface area (Å²) in [5, 5.41) is 11.9. The number of hydrogen-bond donors (Lipinski definition) is 2.